The van der Waals surface area contributed by atoms with Crippen LogP contribution in [0.25, 0.3) is 0 Å². The average Bonchev–Trinajstić information content (AvgIpc) is 2.17. The molecule has 1 aliphatic rings. The maximum atomic E-state index is 6.18. The van der Waals surface area contributed by atoms with E-state index in [-0.39, 0.29) is 0 Å². The van der Waals surface area contributed by atoms with Crippen LogP contribution in [0.5, 0.6) is 0 Å². The van der Waals surface area contributed by atoms with Crippen molar-refractivity contribution in [3.63, 3.8) is 0 Å². The van der Waals surface area contributed by atoms with Crippen LogP contribution in [0.3, 0.4) is 0 Å². The van der Waals surface area contributed by atoms with Gasteiger partial charge < -0.3 is 4.90 Å². The molecule has 0 saturated carbocycles. The molecule has 1 atom stereocenters. The molecule has 1 aliphatic heterocycles. The van der Waals surface area contributed by atoms with Gasteiger partial charge in [0.2, 0.25) is 0 Å². The first-order chi connectivity index (χ1) is 7.16. The van der Waals surface area contributed by atoms with Crippen molar-refractivity contribution in [3.8, 4) is 0 Å². The highest BCUT2D eigenvalue weighted by Crippen LogP contribution is 2.29. The number of anilines is 1. The van der Waals surface area contributed by atoms with Gasteiger partial charge in [-0.1, -0.05) is 18.5 Å². The molecular formula is C11H14BrClN2. The molecule has 1 aromatic rings. The molecule has 0 bridgehead atoms. The Labute approximate surface area is 104 Å². The van der Waals surface area contributed by atoms with Crippen LogP contribution in [0.2, 0.25) is 5.02 Å². The van der Waals surface area contributed by atoms with Gasteiger partial charge in [0.15, 0.2) is 0 Å². The molecule has 0 N–H and O–H groups in total. The van der Waals surface area contributed by atoms with Crippen LogP contribution in [0, 0.1) is 5.92 Å². The highest BCUT2D eigenvalue weighted by atomic mass is 79.9. The molecule has 2 rings (SSSR count). The fraction of sp³-hybridized carbons (Fsp3) is 0.545. The molecule has 2 nitrogen and oxygen atoms in total. The largest absolute Gasteiger partial charge is 0.355 e. The topological polar surface area (TPSA) is 16.1 Å². The first-order valence-corrected chi connectivity index (χ1v) is 6.40. The van der Waals surface area contributed by atoms with Gasteiger partial charge in [-0.25, -0.2) is 4.98 Å². The van der Waals surface area contributed by atoms with Gasteiger partial charge in [-0.15, -0.1) is 0 Å². The van der Waals surface area contributed by atoms with E-state index in [4.69, 9.17) is 11.6 Å². The van der Waals surface area contributed by atoms with Crippen molar-refractivity contribution in [1.82, 2.24) is 4.98 Å². The van der Waals surface area contributed by atoms with Crippen LogP contribution in [0.15, 0.2) is 16.7 Å². The van der Waals surface area contributed by atoms with Gasteiger partial charge in [-0.3, -0.25) is 0 Å². The van der Waals surface area contributed by atoms with E-state index in [0.29, 0.717) is 0 Å². The van der Waals surface area contributed by atoms with Crippen molar-refractivity contribution in [2.24, 2.45) is 5.92 Å². The minimum atomic E-state index is 0.735. The number of pyridine rings is 1. The van der Waals surface area contributed by atoms with Gasteiger partial charge in [0, 0.05) is 23.8 Å². The Kier molecular flexibility index (Phi) is 3.52. The Bertz CT molecular complexity index is 356. The third kappa shape index (κ3) is 2.64. The second kappa shape index (κ2) is 4.71. The summed E-state index contributed by atoms with van der Waals surface area (Å²) in [7, 11) is 0. The van der Waals surface area contributed by atoms with E-state index in [0.717, 1.165) is 34.3 Å². The van der Waals surface area contributed by atoms with E-state index >= 15 is 0 Å². The Morgan fingerprint density at radius 3 is 3.07 bits per heavy atom. The summed E-state index contributed by atoms with van der Waals surface area (Å²) >= 11 is 9.54. The summed E-state index contributed by atoms with van der Waals surface area (Å²) < 4.78 is 0.932. The number of hydrogen-bond acceptors (Lipinski definition) is 2. The standard InChI is InChI=1S/C11H14BrClN2/c1-8-3-2-4-15(7-8)11-10(13)5-9(12)6-14-11/h5-6,8H,2-4,7H2,1H3. The summed E-state index contributed by atoms with van der Waals surface area (Å²) in [6.45, 7) is 4.41. The van der Waals surface area contributed by atoms with E-state index in [9.17, 15) is 0 Å². The van der Waals surface area contributed by atoms with Gasteiger partial charge in [-0.2, -0.15) is 0 Å². The lowest BCUT2D eigenvalue weighted by Gasteiger charge is -2.32. The number of hydrogen-bond donors (Lipinski definition) is 0. The zero-order chi connectivity index (χ0) is 10.8. The summed E-state index contributed by atoms with van der Waals surface area (Å²) in [5.74, 6) is 1.66. The van der Waals surface area contributed by atoms with Crippen LogP contribution >= 0.6 is 27.5 Å². The minimum Gasteiger partial charge on any atom is -0.355 e. The summed E-state index contributed by atoms with van der Waals surface area (Å²) in [5.41, 5.74) is 0. The van der Waals surface area contributed by atoms with Crippen molar-refractivity contribution in [1.29, 1.82) is 0 Å². The van der Waals surface area contributed by atoms with Crippen LogP contribution in [-0.2, 0) is 0 Å². The van der Waals surface area contributed by atoms with E-state index in [2.05, 4.69) is 32.7 Å². The molecule has 1 saturated heterocycles. The van der Waals surface area contributed by atoms with Crippen molar-refractivity contribution in [2.75, 3.05) is 18.0 Å². The lowest BCUT2D eigenvalue weighted by atomic mass is 10.0. The molecule has 1 unspecified atom stereocenters. The molecule has 2 heterocycles. The molecule has 0 amide bonds. The quantitative estimate of drug-likeness (QED) is 0.783. The monoisotopic (exact) mass is 288 g/mol. The van der Waals surface area contributed by atoms with Crippen LogP contribution in [-0.4, -0.2) is 18.1 Å². The first-order valence-electron chi connectivity index (χ1n) is 5.23. The third-order valence-electron chi connectivity index (χ3n) is 2.74. The molecule has 4 heteroatoms. The van der Waals surface area contributed by atoms with Gasteiger partial charge in [-0.05, 0) is 40.8 Å². The summed E-state index contributed by atoms with van der Waals surface area (Å²) in [5, 5.41) is 0.735. The van der Waals surface area contributed by atoms with Gasteiger partial charge in [0.1, 0.15) is 5.82 Å². The highest BCUT2D eigenvalue weighted by molar-refractivity contribution is 9.10. The summed E-state index contributed by atoms with van der Waals surface area (Å²) in [6, 6.07) is 1.91. The normalized spacial score (nSPS) is 21.8. The predicted octanol–water partition coefficient (Wildman–Crippen LogP) is 3.73. The van der Waals surface area contributed by atoms with Crippen LogP contribution in [0.1, 0.15) is 19.8 Å². The van der Waals surface area contributed by atoms with Crippen molar-refractivity contribution >= 4 is 33.3 Å². The van der Waals surface area contributed by atoms with Gasteiger partial charge in [0.05, 0.1) is 5.02 Å². The molecule has 1 fully saturated rings. The molecule has 15 heavy (non-hydrogen) atoms. The fourth-order valence-corrected chi connectivity index (χ4v) is 2.77. The van der Waals surface area contributed by atoms with Crippen LogP contribution < -0.4 is 4.90 Å². The highest BCUT2D eigenvalue weighted by Gasteiger charge is 2.19. The van der Waals surface area contributed by atoms with Crippen molar-refractivity contribution in [2.45, 2.75) is 19.8 Å². The molecule has 0 aromatic carbocycles. The van der Waals surface area contributed by atoms with E-state index in [1.165, 1.54) is 12.8 Å². The molecule has 0 spiro atoms. The molecule has 82 valence electrons. The predicted molar refractivity (Wildman–Crippen MR) is 67.6 cm³/mol. The van der Waals surface area contributed by atoms with E-state index in [1.54, 1.807) is 6.20 Å². The van der Waals surface area contributed by atoms with Gasteiger partial charge >= 0.3 is 0 Å². The minimum absolute atomic E-state index is 0.735. The number of halogens is 2. The Hall–Kier alpha value is -0.280. The molecule has 1 aromatic heterocycles. The SMILES string of the molecule is CC1CCCN(c2ncc(Br)cc2Cl)C1. The summed E-state index contributed by atoms with van der Waals surface area (Å²) in [6.07, 6.45) is 4.35. The molecular weight excluding hydrogens is 275 g/mol. The number of nitrogens with zero attached hydrogens (tertiary/aromatic N) is 2. The first kappa shape index (κ1) is 11.2. The Morgan fingerprint density at radius 1 is 1.60 bits per heavy atom. The fourth-order valence-electron chi connectivity index (χ4n) is 2.02. The lowest BCUT2D eigenvalue weighted by Crippen LogP contribution is -2.34. The second-order valence-corrected chi connectivity index (χ2v) is 5.48. The van der Waals surface area contributed by atoms with E-state index < -0.39 is 0 Å². The van der Waals surface area contributed by atoms with Crippen LogP contribution in [0.4, 0.5) is 5.82 Å². The van der Waals surface area contributed by atoms with Crippen molar-refractivity contribution in [3.05, 3.63) is 21.8 Å². The Morgan fingerprint density at radius 2 is 2.40 bits per heavy atom. The maximum absolute atomic E-state index is 6.18. The average molecular weight is 290 g/mol. The lowest BCUT2D eigenvalue weighted by molar-refractivity contribution is 0.444. The zero-order valence-corrected chi connectivity index (χ0v) is 11.1. The Balaban J connectivity index is 2.21. The van der Waals surface area contributed by atoms with E-state index in [1.807, 2.05) is 6.07 Å². The van der Waals surface area contributed by atoms with Gasteiger partial charge in [0.25, 0.3) is 0 Å². The second-order valence-electron chi connectivity index (χ2n) is 4.15. The maximum Gasteiger partial charge on any atom is 0.147 e. The smallest absolute Gasteiger partial charge is 0.147 e. The summed E-state index contributed by atoms with van der Waals surface area (Å²) in [4.78, 5) is 6.66. The van der Waals surface area contributed by atoms with Crippen molar-refractivity contribution < 1.29 is 0 Å². The number of aromatic nitrogens is 1. The number of rotatable bonds is 1. The number of piperidine rings is 1. The molecule has 0 radical (unpaired) electrons. The third-order valence-corrected chi connectivity index (χ3v) is 3.46. The molecule has 0 aliphatic carbocycles. The zero-order valence-electron chi connectivity index (χ0n) is 8.71.